The first kappa shape index (κ1) is 19.3. The zero-order valence-corrected chi connectivity index (χ0v) is 14.9. The maximum Gasteiger partial charge on any atom is 0.363 e. The molecule has 0 aliphatic carbocycles. The standard InChI is InChI=1S/C15H30O4Si/c1-8-14(19-15(16)13(6)7)20(17-9-11(2)3)18-10-12(4)5/h11-12,14,20H,6,8-10H2,1-5,7H3. The van der Waals surface area contributed by atoms with Crippen LogP contribution in [0.2, 0.25) is 0 Å². The Labute approximate surface area is 125 Å². The molecule has 0 amide bonds. The summed E-state index contributed by atoms with van der Waals surface area (Å²) in [6.45, 7) is 16.9. The van der Waals surface area contributed by atoms with Crippen molar-refractivity contribution in [2.24, 2.45) is 11.8 Å². The number of hydrogen-bond acceptors (Lipinski definition) is 4. The third-order valence-corrected chi connectivity index (χ3v) is 4.76. The average Bonchev–Trinajstić information content (AvgIpc) is 2.35. The molecule has 0 aromatic heterocycles. The van der Waals surface area contributed by atoms with Gasteiger partial charge in [0, 0.05) is 18.8 Å². The van der Waals surface area contributed by atoms with Crippen LogP contribution >= 0.6 is 0 Å². The van der Waals surface area contributed by atoms with Crippen LogP contribution in [0.5, 0.6) is 0 Å². The van der Waals surface area contributed by atoms with Crippen molar-refractivity contribution in [3.8, 4) is 0 Å². The summed E-state index contributed by atoms with van der Waals surface area (Å²) in [6, 6.07) is 0. The van der Waals surface area contributed by atoms with Crippen LogP contribution in [0.3, 0.4) is 0 Å². The quantitative estimate of drug-likeness (QED) is 0.353. The van der Waals surface area contributed by atoms with Crippen LogP contribution in [0, 0.1) is 11.8 Å². The number of carbonyl (C=O) groups excluding carboxylic acids is 1. The SMILES string of the molecule is C=C(C)C(=O)OC(CC)[SiH](OCC(C)C)OCC(C)C. The van der Waals surface area contributed by atoms with Crippen molar-refractivity contribution >= 4 is 15.3 Å². The molecule has 0 saturated heterocycles. The molecule has 0 heterocycles. The van der Waals surface area contributed by atoms with Crippen molar-refractivity contribution in [1.82, 2.24) is 0 Å². The van der Waals surface area contributed by atoms with E-state index >= 15 is 0 Å². The van der Waals surface area contributed by atoms with Crippen molar-refractivity contribution in [1.29, 1.82) is 0 Å². The molecule has 0 aliphatic heterocycles. The molecule has 0 saturated carbocycles. The lowest BCUT2D eigenvalue weighted by atomic mass is 10.2. The van der Waals surface area contributed by atoms with Gasteiger partial charge in [0.25, 0.3) is 0 Å². The second kappa shape index (κ2) is 10.1. The predicted octanol–water partition coefficient (Wildman–Crippen LogP) is 2.99. The smallest absolute Gasteiger partial charge is 0.363 e. The minimum atomic E-state index is -2.04. The Kier molecular flexibility index (Phi) is 9.80. The van der Waals surface area contributed by atoms with Gasteiger partial charge in [0.1, 0.15) is 5.73 Å². The van der Waals surface area contributed by atoms with Crippen LogP contribution in [0.4, 0.5) is 0 Å². The molecule has 0 rings (SSSR count). The van der Waals surface area contributed by atoms with Gasteiger partial charge in [-0.05, 0) is 25.2 Å². The normalized spacial score (nSPS) is 13.1. The summed E-state index contributed by atoms with van der Waals surface area (Å²) in [7, 11) is -2.04. The van der Waals surface area contributed by atoms with Gasteiger partial charge in [-0.1, -0.05) is 41.2 Å². The molecular weight excluding hydrogens is 272 g/mol. The lowest BCUT2D eigenvalue weighted by molar-refractivity contribution is -0.142. The highest BCUT2D eigenvalue weighted by Gasteiger charge is 2.29. The first-order valence-electron chi connectivity index (χ1n) is 7.37. The Morgan fingerprint density at radius 1 is 1.10 bits per heavy atom. The Morgan fingerprint density at radius 2 is 1.55 bits per heavy atom. The number of carbonyl (C=O) groups is 1. The lowest BCUT2D eigenvalue weighted by Crippen LogP contribution is -2.42. The summed E-state index contributed by atoms with van der Waals surface area (Å²) < 4.78 is 17.3. The average molecular weight is 302 g/mol. The second-order valence-corrected chi connectivity index (χ2v) is 8.10. The van der Waals surface area contributed by atoms with E-state index in [0.29, 0.717) is 37.0 Å². The largest absolute Gasteiger partial charge is 0.457 e. The lowest BCUT2D eigenvalue weighted by Gasteiger charge is -2.26. The van der Waals surface area contributed by atoms with Crippen LogP contribution in [0.25, 0.3) is 0 Å². The van der Waals surface area contributed by atoms with E-state index in [2.05, 4.69) is 34.3 Å². The molecule has 5 heteroatoms. The molecule has 1 unspecified atom stereocenters. The Hall–Kier alpha value is -0.653. The van der Waals surface area contributed by atoms with E-state index in [0.717, 1.165) is 0 Å². The molecule has 0 fully saturated rings. The third kappa shape index (κ3) is 8.50. The first-order chi connectivity index (χ1) is 9.27. The maximum atomic E-state index is 11.7. The van der Waals surface area contributed by atoms with Gasteiger partial charge < -0.3 is 13.6 Å². The fourth-order valence-electron chi connectivity index (χ4n) is 1.41. The molecule has 0 bridgehead atoms. The van der Waals surface area contributed by atoms with Gasteiger partial charge in [0.15, 0.2) is 0 Å². The molecule has 0 aromatic carbocycles. The van der Waals surface area contributed by atoms with Gasteiger partial charge >= 0.3 is 15.3 Å². The van der Waals surface area contributed by atoms with E-state index in [-0.39, 0.29) is 11.7 Å². The van der Waals surface area contributed by atoms with Crippen LogP contribution in [-0.2, 0) is 18.4 Å². The van der Waals surface area contributed by atoms with E-state index in [1.54, 1.807) is 6.92 Å². The van der Waals surface area contributed by atoms with Crippen molar-refractivity contribution in [3.05, 3.63) is 12.2 Å². The summed E-state index contributed by atoms with van der Waals surface area (Å²) in [5.74, 6) is 0.500. The summed E-state index contributed by atoms with van der Waals surface area (Å²) in [4.78, 5) is 11.7. The molecule has 0 aliphatic rings. The van der Waals surface area contributed by atoms with E-state index in [1.165, 1.54) is 0 Å². The highest BCUT2D eigenvalue weighted by molar-refractivity contribution is 6.46. The van der Waals surface area contributed by atoms with Gasteiger partial charge in [-0.25, -0.2) is 4.79 Å². The van der Waals surface area contributed by atoms with Crippen LogP contribution < -0.4 is 0 Å². The Balaban J connectivity index is 4.65. The molecule has 0 aromatic rings. The molecule has 1 atom stereocenters. The molecule has 0 N–H and O–H groups in total. The molecule has 4 nitrogen and oxygen atoms in total. The van der Waals surface area contributed by atoms with Gasteiger partial charge in [0.2, 0.25) is 0 Å². The van der Waals surface area contributed by atoms with Crippen molar-refractivity contribution < 1.29 is 18.4 Å². The fourth-order valence-corrected chi connectivity index (χ4v) is 3.70. The van der Waals surface area contributed by atoms with Crippen LogP contribution in [0.15, 0.2) is 12.2 Å². The number of esters is 1. The fraction of sp³-hybridized carbons (Fsp3) is 0.800. The summed E-state index contributed by atoms with van der Waals surface area (Å²) in [6.07, 6.45) is 0.700. The van der Waals surface area contributed by atoms with Crippen LogP contribution in [-0.4, -0.2) is 34.2 Å². The molecule has 118 valence electrons. The summed E-state index contributed by atoms with van der Waals surface area (Å²) >= 11 is 0. The van der Waals surface area contributed by atoms with Crippen LogP contribution in [0.1, 0.15) is 48.0 Å². The molecule has 0 spiro atoms. The highest BCUT2D eigenvalue weighted by atomic mass is 28.3. The third-order valence-electron chi connectivity index (χ3n) is 2.50. The van der Waals surface area contributed by atoms with E-state index in [1.807, 2.05) is 6.92 Å². The van der Waals surface area contributed by atoms with E-state index in [4.69, 9.17) is 13.6 Å². The minimum absolute atomic E-state index is 0.267. The van der Waals surface area contributed by atoms with Gasteiger partial charge in [0.05, 0.1) is 0 Å². The highest BCUT2D eigenvalue weighted by Crippen LogP contribution is 2.12. The Morgan fingerprint density at radius 3 is 1.85 bits per heavy atom. The topological polar surface area (TPSA) is 44.8 Å². The summed E-state index contributed by atoms with van der Waals surface area (Å²) in [5, 5.41) is 0. The number of rotatable bonds is 10. The zero-order valence-electron chi connectivity index (χ0n) is 13.8. The molecular formula is C15H30O4Si. The molecule has 0 radical (unpaired) electrons. The van der Waals surface area contributed by atoms with Crippen molar-refractivity contribution in [3.63, 3.8) is 0 Å². The van der Waals surface area contributed by atoms with Gasteiger partial charge in [-0.3, -0.25) is 0 Å². The predicted molar refractivity (Wildman–Crippen MR) is 83.7 cm³/mol. The zero-order chi connectivity index (χ0) is 15.7. The van der Waals surface area contributed by atoms with E-state index < -0.39 is 9.28 Å². The minimum Gasteiger partial charge on any atom is -0.457 e. The first-order valence-corrected chi connectivity index (χ1v) is 8.98. The maximum absolute atomic E-state index is 11.7. The Bertz CT molecular complexity index is 290. The van der Waals surface area contributed by atoms with E-state index in [9.17, 15) is 4.79 Å². The monoisotopic (exact) mass is 302 g/mol. The van der Waals surface area contributed by atoms with Gasteiger partial charge in [-0.2, -0.15) is 0 Å². The van der Waals surface area contributed by atoms with Crippen molar-refractivity contribution in [2.45, 2.75) is 53.7 Å². The number of ether oxygens (including phenoxy) is 1. The molecule has 20 heavy (non-hydrogen) atoms. The second-order valence-electron chi connectivity index (χ2n) is 5.96. The van der Waals surface area contributed by atoms with Crippen molar-refractivity contribution in [2.75, 3.05) is 13.2 Å². The van der Waals surface area contributed by atoms with Gasteiger partial charge in [-0.15, -0.1) is 0 Å². The number of hydrogen-bond donors (Lipinski definition) is 0. The summed E-state index contributed by atoms with van der Waals surface area (Å²) in [5.41, 5.74) is 0.139.